The highest BCUT2D eigenvalue weighted by Gasteiger charge is 2.16. The highest BCUT2D eigenvalue weighted by molar-refractivity contribution is 7.99. The summed E-state index contributed by atoms with van der Waals surface area (Å²) < 4.78 is 0. The summed E-state index contributed by atoms with van der Waals surface area (Å²) in [5.74, 6) is 0. The smallest absolute Gasteiger partial charge is 0.0962 e. The molecule has 1 fully saturated rings. The van der Waals surface area contributed by atoms with Gasteiger partial charge in [0.05, 0.1) is 5.03 Å². The van der Waals surface area contributed by atoms with Crippen LogP contribution in [0.25, 0.3) is 0 Å². The second-order valence-electron chi connectivity index (χ2n) is 4.25. The van der Waals surface area contributed by atoms with Crippen LogP contribution < -0.4 is 5.32 Å². The molecule has 0 saturated carbocycles. The van der Waals surface area contributed by atoms with Crippen molar-refractivity contribution in [1.82, 2.24) is 10.3 Å². The maximum absolute atomic E-state index is 4.49. The SMILES string of the molecule is CC(C)Sc1ccc([C@@H]2CCCN2)cn1. The van der Waals surface area contributed by atoms with E-state index in [2.05, 4.69) is 36.3 Å². The van der Waals surface area contributed by atoms with Crippen molar-refractivity contribution >= 4 is 11.8 Å². The van der Waals surface area contributed by atoms with Crippen LogP contribution in [-0.2, 0) is 0 Å². The molecule has 1 atom stereocenters. The van der Waals surface area contributed by atoms with Crippen molar-refractivity contribution in [3.8, 4) is 0 Å². The maximum atomic E-state index is 4.49. The highest BCUT2D eigenvalue weighted by Crippen LogP contribution is 2.25. The van der Waals surface area contributed by atoms with Gasteiger partial charge >= 0.3 is 0 Å². The fraction of sp³-hybridized carbons (Fsp3) is 0.583. The van der Waals surface area contributed by atoms with Crippen LogP contribution in [0.15, 0.2) is 23.4 Å². The molecule has 1 aromatic rings. The summed E-state index contributed by atoms with van der Waals surface area (Å²) in [6.45, 7) is 5.53. The zero-order valence-electron chi connectivity index (χ0n) is 9.36. The van der Waals surface area contributed by atoms with Gasteiger partial charge in [-0.25, -0.2) is 4.98 Å². The van der Waals surface area contributed by atoms with Gasteiger partial charge in [-0.2, -0.15) is 0 Å². The van der Waals surface area contributed by atoms with Crippen LogP contribution in [0.5, 0.6) is 0 Å². The number of hydrogen-bond acceptors (Lipinski definition) is 3. The Balaban J connectivity index is 2.03. The molecular formula is C12H18N2S. The molecule has 82 valence electrons. The first-order valence-electron chi connectivity index (χ1n) is 5.61. The Morgan fingerprint density at radius 3 is 2.87 bits per heavy atom. The van der Waals surface area contributed by atoms with Gasteiger partial charge in [-0.15, -0.1) is 11.8 Å². The minimum atomic E-state index is 0.538. The Bertz CT molecular complexity index is 302. The summed E-state index contributed by atoms with van der Waals surface area (Å²) in [7, 11) is 0. The molecule has 1 N–H and O–H groups in total. The monoisotopic (exact) mass is 222 g/mol. The Morgan fingerprint density at radius 1 is 1.47 bits per heavy atom. The third kappa shape index (κ3) is 2.95. The molecule has 1 aliphatic heterocycles. The maximum Gasteiger partial charge on any atom is 0.0962 e. The largest absolute Gasteiger partial charge is 0.310 e. The molecule has 0 bridgehead atoms. The van der Waals surface area contributed by atoms with E-state index in [1.54, 1.807) is 0 Å². The summed E-state index contributed by atoms with van der Waals surface area (Å²) >= 11 is 1.82. The van der Waals surface area contributed by atoms with Gasteiger partial charge in [-0.1, -0.05) is 19.9 Å². The second-order valence-corrected chi connectivity index (χ2v) is 5.84. The van der Waals surface area contributed by atoms with E-state index in [0.717, 1.165) is 11.6 Å². The van der Waals surface area contributed by atoms with Gasteiger partial charge in [0.25, 0.3) is 0 Å². The van der Waals surface area contributed by atoms with Crippen LogP contribution in [0.3, 0.4) is 0 Å². The van der Waals surface area contributed by atoms with Crippen molar-refractivity contribution < 1.29 is 0 Å². The molecule has 0 unspecified atom stereocenters. The van der Waals surface area contributed by atoms with Crippen molar-refractivity contribution in [3.05, 3.63) is 23.9 Å². The number of pyridine rings is 1. The molecule has 3 heteroatoms. The van der Waals surface area contributed by atoms with Gasteiger partial charge in [-0.3, -0.25) is 0 Å². The van der Waals surface area contributed by atoms with E-state index in [0.29, 0.717) is 11.3 Å². The zero-order valence-corrected chi connectivity index (χ0v) is 10.2. The standard InChI is InChI=1S/C12H18N2S/c1-9(2)15-12-6-5-10(8-14-12)11-4-3-7-13-11/h5-6,8-9,11,13H,3-4,7H2,1-2H3/t11-/m0/s1. The second kappa shape index (κ2) is 4.99. The molecule has 2 heterocycles. The molecule has 0 radical (unpaired) electrons. The lowest BCUT2D eigenvalue weighted by Gasteiger charge is -2.10. The van der Waals surface area contributed by atoms with Crippen LogP contribution in [0.1, 0.15) is 38.3 Å². The molecule has 15 heavy (non-hydrogen) atoms. The Morgan fingerprint density at radius 2 is 2.33 bits per heavy atom. The molecule has 1 aliphatic rings. The minimum Gasteiger partial charge on any atom is -0.310 e. The Hall–Kier alpha value is -0.540. The number of nitrogens with zero attached hydrogens (tertiary/aromatic N) is 1. The summed E-state index contributed by atoms with van der Waals surface area (Å²) in [5, 5.41) is 5.22. The molecule has 0 spiro atoms. The quantitative estimate of drug-likeness (QED) is 0.796. The summed E-state index contributed by atoms with van der Waals surface area (Å²) in [6.07, 6.45) is 4.55. The van der Waals surface area contributed by atoms with Crippen LogP contribution in [0, 0.1) is 0 Å². The van der Waals surface area contributed by atoms with Crippen molar-refractivity contribution in [2.45, 2.75) is 43.0 Å². The molecule has 0 aliphatic carbocycles. The fourth-order valence-electron chi connectivity index (χ4n) is 1.88. The summed E-state index contributed by atoms with van der Waals surface area (Å²) in [4.78, 5) is 4.49. The predicted molar refractivity (Wildman–Crippen MR) is 65.2 cm³/mol. The summed E-state index contributed by atoms with van der Waals surface area (Å²) in [5.41, 5.74) is 1.33. The fourth-order valence-corrected chi connectivity index (χ4v) is 2.62. The number of thioether (sulfide) groups is 1. The van der Waals surface area contributed by atoms with Gasteiger partial charge in [0.15, 0.2) is 0 Å². The number of hydrogen-bond donors (Lipinski definition) is 1. The first kappa shape index (κ1) is 11.0. The number of rotatable bonds is 3. The minimum absolute atomic E-state index is 0.538. The average Bonchev–Trinajstić information content (AvgIpc) is 2.71. The molecule has 1 aromatic heterocycles. The van der Waals surface area contributed by atoms with E-state index in [1.165, 1.54) is 18.4 Å². The Kier molecular flexibility index (Phi) is 3.65. The van der Waals surface area contributed by atoms with Crippen molar-refractivity contribution in [2.24, 2.45) is 0 Å². The van der Waals surface area contributed by atoms with E-state index >= 15 is 0 Å². The first-order valence-corrected chi connectivity index (χ1v) is 6.49. The lowest BCUT2D eigenvalue weighted by molar-refractivity contribution is 0.643. The zero-order chi connectivity index (χ0) is 10.7. The molecule has 0 amide bonds. The van der Waals surface area contributed by atoms with Crippen molar-refractivity contribution in [2.75, 3.05) is 6.54 Å². The van der Waals surface area contributed by atoms with Crippen molar-refractivity contribution in [3.63, 3.8) is 0 Å². The third-order valence-electron chi connectivity index (χ3n) is 2.58. The molecule has 2 rings (SSSR count). The van der Waals surface area contributed by atoms with Gasteiger partial charge < -0.3 is 5.32 Å². The molecule has 1 saturated heterocycles. The molecular weight excluding hydrogens is 204 g/mol. The average molecular weight is 222 g/mol. The third-order valence-corrected chi connectivity index (χ3v) is 3.53. The van der Waals surface area contributed by atoms with Gasteiger partial charge in [0, 0.05) is 17.5 Å². The lowest BCUT2D eigenvalue weighted by atomic mass is 10.1. The summed E-state index contributed by atoms with van der Waals surface area (Å²) in [6, 6.07) is 4.89. The highest BCUT2D eigenvalue weighted by atomic mass is 32.2. The van der Waals surface area contributed by atoms with Crippen LogP contribution >= 0.6 is 11.8 Å². The van der Waals surface area contributed by atoms with Crippen molar-refractivity contribution in [1.29, 1.82) is 0 Å². The van der Waals surface area contributed by atoms with Gasteiger partial charge in [-0.05, 0) is 31.0 Å². The van der Waals surface area contributed by atoms with Gasteiger partial charge in [0.1, 0.15) is 0 Å². The predicted octanol–water partition coefficient (Wildman–Crippen LogP) is 3.01. The Labute approximate surface area is 95.9 Å². The van der Waals surface area contributed by atoms with Crippen LogP contribution in [-0.4, -0.2) is 16.8 Å². The van der Waals surface area contributed by atoms with E-state index < -0.39 is 0 Å². The topological polar surface area (TPSA) is 24.9 Å². The van der Waals surface area contributed by atoms with E-state index in [1.807, 2.05) is 18.0 Å². The normalized spacial score (nSPS) is 21.1. The molecule has 0 aromatic carbocycles. The number of aromatic nitrogens is 1. The van der Waals surface area contributed by atoms with Crippen LogP contribution in [0.2, 0.25) is 0 Å². The van der Waals surface area contributed by atoms with Gasteiger partial charge in [0.2, 0.25) is 0 Å². The van der Waals surface area contributed by atoms with Crippen LogP contribution in [0.4, 0.5) is 0 Å². The molecule has 2 nitrogen and oxygen atoms in total. The van der Waals surface area contributed by atoms with E-state index in [9.17, 15) is 0 Å². The first-order chi connectivity index (χ1) is 7.25. The number of nitrogens with one attached hydrogen (secondary N) is 1. The van der Waals surface area contributed by atoms with E-state index in [4.69, 9.17) is 0 Å². The lowest BCUT2D eigenvalue weighted by Crippen LogP contribution is -2.12. The van der Waals surface area contributed by atoms with E-state index in [-0.39, 0.29) is 0 Å².